The Balaban J connectivity index is 1.33. The molecule has 0 aliphatic carbocycles. The summed E-state index contributed by atoms with van der Waals surface area (Å²) in [6.07, 6.45) is 0. The summed E-state index contributed by atoms with van der Waals surface area (Å²) in [7, 11) is 0. The first-order chi connectivity index (χ1) is 21.3. The first kappa shape index (κ1) is 23.8. The molecule has 7 aromatic carbocycles. The van der Waals surface area contributed by atoms with Crippen LogP contribution in [0.2, 0.25) is 0 Å². The molecule has 0 amide bonds. The molecule has 0 aliphatic rings. The van der Waals surface area contributed by atoms with E-state index in [2.05, 4.69) is 109 Å². The highest BCUT2D eigenvalue weighted by Crippen LogP contribution is 2.36. The molecule has 9 aromatic rings. The van der Waals surface area contributed by atoms with Crippen molar-refractivity contribution in [3.63, 3.8) is 0 Å². The molecule has 0 N–H and O–H groups in total. The average Bonchev–Trinajstić information content (AvgIpc) is 3.45. The van der Waals surface area contributed by atoms with Gasteiger partial charge >= 0.3 is 0 Å². The minimum Gasteiger partial charge on any atom is -0.456 e. The van der Waals surface area contributed by atoms with Gasteiger partial charge in [0.05, 0.1) is 0 Å². The second kappa shape index (κ2) is 9.33. The third-order valence-corrected chi connectivity index (χ3v) is 8.29. The maximum Gasteiger partial charge on any atom is 0.164 e. The van der Waals surface area contributed by atoms with Gasteiger partial charge in [0.15, 0.2) is 17.5 Å². The fourth-order valence-electron chi connectivity index (χ4n) is 6.19. The second-order valence-corrected chi connectivity index (χ2v) is 10.9. The van der Waals surface area contributed by atoms with Gasteiger partial charge in [-0.3, -0.25) is 0 Å². The molecule has 0 radical (unpaired) electrons. The summed E-state index contributed by atoms with van der Waals surface area (Å²) in [6.45, 7) is 0. The van der Waals surface area contributed by atoms with Gasteiger partial charge in [0, 0.05) is 32.8 Å². The van der Waals surface area contributed by atoms with Gasteiger partial charge in [0.2, 0.25) is 0 Å². The molecular weight excluding hydrogens is 526 g/mol. The number of hydrogen-bond acceptors (Lipinski definition) is 4. The van der Waals surface area contributed by atoms with Gasteiger partial charge in [-0.15, -0.1) is 0 Å². The quantitative estimate of drug-likeness (QED) is 0.206. The minimum atomic E-state index is 0.623. The highest BCUT2D eigenvalue weighted by molar-refractivity contribution is 6.13. The van der Waals surface area contributed by atoms with Gasteiger partial charge in [-0.25, -0.2) is 15.0 Å². The first-order valence-electron chi connectivity index (χ1n) is 14.4. The Bertz CT molecular complexity index is 2530. The lowest BCUT2D eigenvalue weighted by Gasteiger charge is -2.12. The van der Waals surface area contributed by atoms with Crippen molar-refractivity contribution in [1.29, 1.82) is 0 Å². The number of benzene rings is 7. The molecule has 43 heavy (non-hydrogen) atoms. The fraction of sp³-hybridized carbons (Fsp3) is 0. The molecule has 2 heterocycles. The Morgan fingerprint density at radius 2 is 0.977 bits per heavy atom. The summed E-state index contributed by atoms with van der Waals surface area (Å²) >= 11 is 0. The SMILES string of the molecule is c1ccc2cc(-c3nc(-c4ccc5oc6ccccc6c5c4)nc(-c4cccc5ccc6ccccc6c45)n3)ccc2c1. The minimum absolute atomic E-state index is 0.623. The molecular formula is C39H23N3O. The van der Waals surface area contributed by atoms with Crippen LogP contribution in [0.4, 0.5) is 0 Å². The van der Waals surface area contributed by atoms with Crippen molar-refractivity contribution in [1.82, 2.24) is 15.0 Å². The Kier molecular flexibility index (Phi) is 5.16. The van der Waals surface area contributed by atoms with Crippen LogP contribution < -0.4 is 0 Å². The molecule has 0 saturated heterocycles. The van der Waals surface area contributed by atoms with Crippen LogP contribution in [-0.4, -0.2) is 15.0 Å². The van der Waals surface area contributed by atoms with Crippen LogP contribution in [0.1, 0.15) is 0 Å². The lowest BCUT2D eigenvalue weighted by atomic mass is 9.97. The van der Waals surface area contributed by atoms with Gasteiger partial charge in [0.25, 0.3) is 0 Å². The summed E-state index contributed by atoms with van der Waals surface area (Å²) in [4.78, 5) is 15.3. The van der Waals surface area contributed by atoms with Crippen molar-refractivity contribution in [2.45, 2.75) is 0 Å². The van der Waals surface area contributed by atoms with Gasteiger partial charge < -0.3 is 4.42 Å². The third-order valence-electron chi connectivity index (χ3n) is 8.29. The standard InChI is InChI=1S/C39H23N3O/c1-2-10-27-22-28(19-16-24(27)8-1)37-40-38(29-20-21-35-33(23-29)31-13-5-6-15-34(31)43-35)42-39(41-37)32-14-7-11-26-18-17-25-9-3-4-12-30(25)36(26)32/h1-23H. The summed E-state index contributed by atoms with van der Waals surface area (Å²) in [6, 6.07) is 48.2. The molecule has 200 valence electrons. The molecule has 0 atom stereocenters. The van der Waals surface area contributed by atoms with E-state index in [4.69, 9.17) is 19.4 Å². The van der Waals surface area contributed by atoms with Crippen LogP contribution >= 0.6 is 0 Å². The molecule has 0 fully saturated rings. The largest absolute Gasteiger partial charge is 0.456 e. The zero-order chi connectivity index (χ0) is 28.3. The molecule has 0 saturated carbocycles. The van der Waals surface area contributed by atoms with Gasteiger partial charge in [-0.05, 0) is 57.3 Å². The van der Waals surface area contributed by atoms with Crippen molar-refractivity contribution in [3.05, 3.63) is 140 Å². The Hall–Kier alpha value is -5.87. The van der Waals surface area contributed by atoms with E-state index in [0.29, 0.717) is 17.5 Å². The van der Waals surface area contributed by atoms with Crippen molar-refractivity contribution >= 4 is 54.3 Å². The van der Waals surface area contributed by atoms with Crippen molar-refractivity contribution < 1.29 is 4.42 Å². The lowest BCUT2D eigenvalue weighted by Crippen LogP contribution is -2.00. The maximum atomic E-state index is 6.11. The van der Waals surface area contributed by atoms with Crippen molar-refractivity contribution in [2.24, 2.45) is 0 Å². The molecule has 0 spiro atoms. The van der Waals surface area contributed by atoms with Crippen LogP contribution in [0.25, 0.3) is 88.4 Å². The number of aromatic nitrogens is 3. The van der Waals surface area contributed by atoms with E-state index in [1.807, 2.05) is 30.3 Å². The van der Waals surface area contributed by atoms with Crippen LogP contribution in [-0.2, 0) is 0 Å². The Labute approximate surface area is 246 Å². The second-order valence-electron chi connectivity index (χ2n) is 10.9. The summed E-state index contributed by atoms with van der Waals surface area (Å²) in [5.74, 6) is 1.91. The first-order valence-corrected chi connectivity index (χ1v) is 14.4. The van der Waals surface area contributed by atoms with E-state index in [0.717, 1.165) is 54.8 Å². The Morgan fingerprint density at radius 1 is 0.372 bits per heavy atom. The van der Waals surface area contributed by atoms with Crippen LogP contribution in [0, 0.1) is 0 Å². The van der Waals surface area contributed by atoms with E-state index < -0.39 is 0 Å². The van der Waals surface area contributed by atoms with E-state index in [-0.39, 0.29) is 0 Å². The lowest BCUT2D eigenvalue weighted by molar-refractivity contribution is 0.669. The number of nitrogens with zero attached hydrogens (tertiary/aromatic N) is 3. The molecule has 4 heteroatoms. The number of para-hydroxylation sites is 1. The maximum absolute atomic E-state index is 6.11. The zero-order valence-electron chi connectivity index (χ0n) is 23.0. The third kappa shape index (κ3) is 3.88. The van der Waals surface area contributed by atoms with E-state index >= 15 is 0 Å². The van der Waals surface area contributed by atoms with Crippen LogP contribution in [0.15, 0.2) is 144 Å². The van der Waals surface area contributed by atoms with E-state index in [1.165, 1.54) is 16.2 Å². The summed E-state index contributed by atoms with van der Waals surface area (Å²) in [5, 5.41) is 9.09. The predicted molar refractivity (Wildman–Crippen MR) is 176 cm³/mol. The molecule has 0 aliphatic heterocycles. The van der Waals surface area contributed by atoms with Gasteiger partial charge in [-0.1, -0.05) is 109 Å². The van der Waals surface area contributed by atoms with E-state index in [9.17, 15) is 0 Å². The smallest absolute Gasteiger partial charge is 0.164 e. The number of fused-ring (bicyclic) bond motifs is 7. The molecule has 2 aromatic heterocycles. The normalized spacial score (nSPS) is 11.7. The molecule has 0 unspecified atom stereocenters. The molecule has 0 bridgehead atoms. The topological polar surface area (TPSA) is 51.8 Å². The zero-order valence-corrected chi connectivity index (χ0v) is 23.0. The van der Waals surface area contributed by atoms with Gasteiger partial charge in [-0.2, -0.15) is 0 Å². The molecule has 9 rings (SSSR count). The van der Waals surface area contributed by atoms with Crippen LogP contribution in [0.5, 0.6) is 0 Å². The van der Waals surface area contributed by atoms with Gasteiger partial charge in [0.1, 0.15) is 11.2 Å². The van der Waals surface area contributed by atoms with Crippen LogP contribution in [0.3, 0.4) is 0 Å². The fourth-order valence-corrected chi connectivity index (χ4v) is 6.19. The predicted octanol–water partition coefficient (Wildman–Crippen LogP) is 10.2. The van der Waals surface area contributed by atoms with Crippen molar-refractivity contribution in [2.75, 3.05) is 0 Å². The number of hydrogen-bond donors (Lipinski definition) is 0. The monoisotopic (exact) mass is 549 g/mol. The average molecular weight is 550 g/mol. The Morgan fingerprint density at radius 3 is 1.86 bits per heavy atom. The highest BCUT2D eigenvalue weighted by atomic mass is 16.3. The summed E-state index contributed by atoms with van der Waals surface area (Å²) < 4.78 is 6.11. The molecule has 4 nitrogen and oxygen atoms in total. The summed E-state index contributed by atoms with van der Waals surface area (Å²) in [5.41, 5.74) is 4.55. The number of furan rings is 1. The van der Waals surface area contributed by atoms with Crippen molar-refractivity contribution in [3.8, 4) is 34.2 Å². The number of rotatable bonds is 3. The highest BCUT2D eigenvalue weighted by Gasteiger charge is 2.17. The van der Waals surface area contributed by atoms with E-state index in [1.54, 1.807) is 0 Å².